The van der Waals surface area contributed by atoms with Crippen LogP contribution in [0.1, 0.15) is 26.7 Å². The van der Waals surface area contributed by atoms with E-state index in [1.807, 2.05) is 0 Å². The molecule has 0 aliphatic carbocycles. The highest BCUT2D eigenvalue weighted by Gasteiger charge is 2.24. The first-order valence-corrected chi connectivity index (χ1v) is 8.45. The van der Waals surface area contributed by atoms with Gasteiger partial charge in [-0.1, -0.05) is 13.8 Å². The van der Waals surface area contributed by atoms with E-state index >= 15 is 0 Å². The molecule has 2 heterocycles. The Labute approximate surface area is 133 Å². The van der Waals surface area contributed by atoms with Crippen molar-refractivity contribution in [1.82, 2.24) is 20.4 Å². The Morgan fingerprint density at radius 1 is 0.864 bits per heavy atom. The van der Waals surface area contributed by atoms with E-state index in [4.69, 9.17) is 9.47 Å². The Balaban J connectivity index is 1.81. The molecule has 22 heavy (non-hydrogen) atoms. The van der Waals surface area contributed by atoms with Gasteiger partial charge in [0, 0.05) is 26.2 Å². The summed E-state index contributed by atoms with van der Waals surface area (Å²) in [5.41, 5.74) is 0. The standard InChI is InChI=1S/C15H30N4O3/c1-3-13(18-5-9-21-10-6-18)16-15(20)17-14(4-2)19-7-11-22-12-8-19/h13-14H,3-12H2,1-2H3,(H2,16,17,20). The van der Waals surface area contributed by atoms with Gasteiger partial charge < -0.3 is 20.1 Å². The molecule has 7 heteroatoms. The van der Waals surface area contributed by atoms with E-state index in [0.717, 1.165) is 65.4 Å². The van der Waals surface area contributed by atoms with Gasteiger partial charge in [0.05, 0.1) is 38.8 Å². The zero-order valence-electron chi connectivity index (χ0n) is 13.8. The van der Waals surface area contributed by atoms with Gasteiger partial charge in [0.25, 0.3) is 0 Å². The van der Waals surface area contributed by atoms with Gasteiger partial charge >= 0.3 is 6.03 Å². The summed E-state index contributed by atoms with van der Waals surface area (Å²) in [7, 11) is 0. The van der Waals surface area contributed by atoms with Crippen molar-refractivity contribution in [2.45, 2.75) is 39.0 Å². The van der Waals surface area contributed by atoms with Crippen LogP contribution >= 0.6 is 0 Å². The van der Waals surface area contributed by atoms with E-state index in [1.165, 1.54) is 0 Å². The number of nitrogens with zero attached hydrogens (tertiary/aromatic N) is 2. The van der Waals surface area contributed by atoms with Crippen molar-refractivity contribution in [1.29, 1.82) is 0 Å². The summed E-state index contributed by atoms with van der Waals surface area (Å²) < 4.78 is 10.7. The predicted molar refractivity (Wildman–Crippen MR) is 84.6 cm³/mol. The normalized spacial score (nSPS) is 23.7. The van der Waals surface area contributed by atoms with E-state index in [-0.39, 0.29) is 18.4 Å². The second-order valence-electron chi connectivity index (χ2n) is 5.76. The van der Waals surface area contributed by atoms with Crippen molar-refractivity contribution in [3.63, 3.8) is 0 Å². The average Bonchev–Trinajstić information content (AvgIpc) is 2.59. The van der Waals surface area contributed by atoms with Crippen LogP contribution in [0.15, 0.2) is 0 Å². The molecule has 128 valence electrons. The number of urea groups is 1. The van der Waals surface area contributed by atoms with Gasteiger partial charge in [0.15, 0.2) is 0 Å². The molecule has 2 saturated heterocycles. The third-order valence-corrected chi connectivity index (χ3v) is 4.34. The number of carbonyl (C=O) groups is 1. The zero-order valence-corrected chi connectivity index (χ0v) is 13.8. The SMILES string of the molecule is CCC(NC(=O)NC(CC)N1CCOCC1)N1CCOCC1. The number of carbonyl (C=O) groups excluding carboxylic acids is 1. The molecule has 0 aromatic heterocycles. The molecule has 2 atom stereocenters. The summed E-state index contributed by atoms with van der Waals surface area (Å²) in [5, 5.41) is 6.21. The van der Waals surface area contributed by atoms with E-state index in [1.54, 1.807) is 0 Å². The molecule has 2 unspecified atom stereocenters. The molecule has 7 nitrogen and oxygen atoms in total. The first-order chi connectivity index (χ1) is 10.7. The summed E-state index contributed by atoms with van der Waals surface area (Å²) in [6.45, 7) is 10.7. The molecule has 2 N–H and O–H groups in total. The topological polar surface area (TPSA) is 66.1 Å². The fraction of sp³-hybridized carbons (Fsp3) is 0.933. The zero-order chi connectivity index (χ0) is 15.8. The first-order valence-electron chi connectivity index (χ1n) is 8.45. The molecular weight excluding hydrogens is 284 g/mol. The number of ether oxygens (including phenoxy) is 2. The van der Waals surface area contributed by atoms with Crippen LogP contribution < -0.4 is 10.6 Å². The number of amides is 2. The Bertz CT molecular complexity index is 301. The number of morpholine rings is 2. The van der Waals surface area contributed by atoms with Gasteiger partial charge in [-0.15, -0.1) is 0 Å². The minimum atomic E-state index is -0.0864. The molecular formula is C15H30N4O3. The fourth-order valence-electron chi connectivity index (χ4n) is 3.03. The van der Waals surface area contributed by atoms with Crippen LogP contribution in [0.4, 0.5) is 4.79 Å². The molecule has 0 saturated carbocycles. The van der Waals surface area contributed by atoms with Gasteiger partial charge in [-0.25, -0.2) is 4.79 Å². The molecule has 2 rings (SSSR count). The molecule has 2 aliphatic rings. The van der Waals surface area contributed by atoms with Gasteiger partial charge in [-0.2, -0.15) is 0 Å². The smallest absolute Gasteiger partial charge is 0.317 e. The third kappa shape index (κ3) is 5.08. The lowest BCUT2D eigenvalue weighted by atomic mass is 10.2. The summed E-state index contributed by atoms with van der Waals surface area (Å²) >= 11 is 0. The number of hydrogen-bond donors (Lipinski definition) is 2. The van der Waals surface area contributed by atoms with Crippen LogP contribution in [0.2, 0.25) is 0 Å². The Morgan fingerprint density at radius 3 is 1.55 bits per heavy atom. The summed E-state index contributed by atoms with van der Waals surface area (Å²) in [6, 6.07) is -0.0864. The molecule has 2 fully saturated rings. The molecule has 0 bridgehead atoms. The summed E-state index contributed by atoms with van der Waals surface area (Å²) in [6.07, 6.45) is 1.93. The van der Waals surface area contributed by atoms with Crippen molar-refractivity contribution in [3.05, 3.63) is 0 Å². The minimum Gasteiger partial charge on any atom is -0.379 e. The highest BCUT2D eigenvalue weighted by atomic mass is 16.5. The Morgan fingerprint density at radius 2 is 1.23 bits per heavy atom. The molecule has 0 radical (unpaired) electrons. The van der Waals surface area contributed by atoms with Crippen LogP contribution in [0, 0.1) is 0 Å². The van der Waals surface area contributed by atoms with E-state index < -0.39 is 0 Å². The molecule has 2 aliphatic heterocycles. The van der Waals surface area contributed by atoms with Crippen LogP contribution in [0.3, 0.4) is 0 Å². The van der Waals surface area contributed by atoms with Crippen molar-refractivity contribution in [2.75, 3.05) is 52.6 Å². The third-order valence-electron chi connectivity index (χ3n) is 4.34. The monoisotopic (exact) mass is 314 g/mol. The maximum absolute atomic E-state index is 12.3. The average molecular weight is 314 g/mol. The number of rotatable bonds is 6. The predicted octanol–water partition coefficient (Wildman–Crippen LogP) is 0.422. The lowest BCUT2D eigenvalue weighted by Crippen LogP contribution is -2.58. The lowest BCUT2D eigenvalue weighted by molar-refractivity contribution is 0.00537. The van der Waals surface area contributed by atoms with E-state index in [9.17, 15) is 4.79 Å². The molecule has 0 spiro atoms. The fourth-order valence-corrected chi connectivity index (χ4v) is 3.03. The maximum atomic E-state index is 12.3. The van der Waals surface area contributed by atoms with E-state index in [2.05, 4.69) is 34.3 Å². The van der Waals surface area contributed by atoms with Crippen LogP contribution in [-0.2, 0) is 9.47 Å². The number of nitrogens with one attached hydrogen (secondary N) is 2. The Kier molecular flexibility index (Phi) is 7.38. The van der Waals surface area contributed by atoms with Gasteiger partial charge in [-0.3, -0.25) is 9.80 Å². The van der Waals surface area contributed by atoms with Gasteiger partial charge in [0.2, 0.25) is 0 Å². The molecule has 2 amide bonds. The van der Waals surface area contributed by atoms with Crippen LogP contribution in [-0.4, -0.2) is 80.8 Å². The quantitative estimate of drug-likeness (QED) is 0.744. The highest BCUT2D eigenvalue weighted by molar-refractivity contribution is 5.74. The van der Waals surface area contributed by atoms with Gasteiger partial charge in [-0.05, 0) is 12.8 Å². The van der Waals surface area contributed by atoms with Crippen molar-refractivity contribution < 1.29 is 14.3 Å². The van der Waals surface area contributed by atoms with Crippen LogP contribution in [0.25, 0.3) is 0 Å². The molecule has 0 aromatic rings. The minimum absolute atomic E-state index is 0.0751. The largest absolute Gasteiger partial charge is 0.379 e. The van der Waals surface area contributed by atoms with E-state index in [0.29, 0.717) is 0 Å². The summed E-state index contributed by atoms with van der Waals surface area (Å²) in [5.74, 6) is 0. The Hall–Kier alpha value is -0.890. The molecule has 0 aromatic carbocycles. The van der Waals surface area contributed by atoms with Crippen LogP contribution in [0.5, 0.6) is 0 Å². The second-order valence-corrected chi connectivity index (χ2v) is 5.76. The van der Waals surface area contributed by atoms with Crippen molar-refractivity contribution in [3.8, 4) is 0 Å². The van der Waals surface area contributed by atoms with Gasteiger partial charge in [0.1, 0.15) is 0 Å². The number of hydrogen-bond acceptors (Lipinski definition) is 5. The van der Waals surface area contributed by atoms with Crippen molar-refractivity contribution >= 4 is 6.03 Å². The first kappa shape index (κ1) is 17.5. The summed E-state index contributed by atoms with van der Waals surface area (Å²) in [4.78, 5) is 16.9. The maximum Gasteiger partial charge on any atom is 0.317 e. The second kappa shape index (κ2) is 9.29. The highest BCUT2D eigenvalue weighted by Crippen LogP contribution is 2.07. The van der Waals surface area contributed by atoms with Crippen molar-refractivity contribution in [2.24, 2.45) is 0 Å². The lowest BCUT2D eigenvalue weighted by Gasteiger charge is -2.36.